The smallest absolute Gasteiger partial charge is 0.160 e. The van der Waals surface area contributed by atoms with Gasteiger partial charge in [-0.1, -0.05) is 140 Å². The molecule has 11 rings (SSSR count). The lowest BCUT2D eigenvalue weighted by molar-refractivity contribution is 0.669. The van der Waals surface area contributed by atoms with E-state index >= 15 is 0 Å². The zero-order chi connectivity index (χ0) is 34.2. The molecule has 0 aliphatic carbocycles. The zero-order valence-corrected chi connectivity index (χ0v) is 28.6. The number of nitrogens with zero attached hydrogens (tertiary/aromatic N) is 3. The fourth-order valence-corrected chi connectivity index (χ4v) is 8.93. The third-order valence-corrected chi connectivity index (χ3v) is 11.3. The molecule has 0 fully saturated rings. The Morgan fingerprint density at radius 3 is 1.87 bits per heavy atom. The molecule has 11 aromatic rings. The number of thiophene rings is 1. The van der Waals surface area contributed by atoms with Gasteiger partial charge in [-0.05, 0) is 35.0 Å². The molecule has 0 atom stereocenters. The maximum atomic E-state index is 6.28. The number of furan rings is 1. The van der Waals surface area contributed by atoms with Crippen LogP contribution in [-0.4, -0.2) is 15.0 Å². The molecule has 0 bridgehead atoms. The SMILES string of the molecule is c1ccc(-c2nc(-c3ccc(-c4nc5c6ccccc6sc5c5ccccc45)c4ccccc34)cc(-c3cccc4oc5ccccc5c34)n2)cc1. The first kappa shape index (κ1) is 29.1. The number of hydrogen-bond donors (Lipinski definition) is 0. The van der Waals surface area contributed by atoms with E-state index in [0.29, 0.717) is 5.82 Å². The fraction of sp³-hybridized carbons (Fsp3) is 0. The van der Waals surface area contributed by atoms with Gasteiger partial charge in [-0.25, -0.2) is 15.0 Å². The Bertz CT molecular complexity index is 3200. The van der Waals surface area contributed by atoms with Crippen molar-refractivity contribution in [2.45, 2.75) is 0 Å². The number of rotatable bonds is 4. The Balaban J connectivity index is 1.17. The molecular weight excluding hydrogens is 655 g/mol. The van der Waals surface area contributed by atoms with Gasteiger partial charge >= 0.3 is 0 Å². The average Bonchev–Trinajstić information content (AvgIpc) is 3.79. The van der Waals surface area contributed by atoms with Crippen molar-refractivity contribution in [2.24, 2.45) is 0 Å². The van der Waals surface area contributed by atoms with E-state index in [2.05, 4.69) is 121 Å². The van der Waals surface area contributed by atoms with Gasteiger partial charge in [0, 0.05) is 53.9 Å². The van der Waals surface area contributed by atoms with Crippen molar-refractivity contribution in [2.75, 3.05) is 0 Å². The first-order valence-corrected chi connectivity index (χ1v) is 18.2. The highest BCUT2D eigenvalue weighted by molar-refractivity contribution is 7.26. The molecule has 0 aliphatic heterocycles. The van der Waals surface area contributed by atoms with Crippen molar-refractivity contribution in [3.8, 4) is 45.2 Å². The van der Waals surface area contributed by atoms with E-state index in [1.807, 2.05) is 53.8 Å². The summed E-state index contributed by atoms with van der Waals surface area (Å²) in [4.78, 5) is 15.9. The lowest BCUT2D eigenvalue weighted by Crippen LogP contribution is -1.97. The van der Waals surface area contributed by atoms with Crippen LogP contribution >= 0.6 is 11.3 Å². The number of benzene rings is 7. The number of hydrogen-bond acceptors (Lipinski definition) is 5. The molecular formula is C47H27N3OS. The largest absolute Gasteiger partial charge is 0.456 e. The van der Waals surface area contributed by atoms with Gasteiger partial charge in [0.2, 0.25) is 0 Å². The molecule has 4 aromatic heterocycles. The van der Waals surface area contributed by atoms with E-state index in [9.17, 15) is 0 Å². The minimum Gasteiger partial charge on any atom is -0.456 e. The second-order valence-corrected chi connectivity index (χ2v) is 14.1. The summed E-state index contributed by atoms with van der Waals surface area (Å²) < 4.78 is 8.76. The van der Waals surface area contributed by atoms with Crippen LogP contribution in [0, 0.1) is 0 Å². The summed E-state index contributed by atoms with van der Waals surface area (Å²) in [6.45, 7) is 0. The van der Waals surface area contributed by atoms with Crippen LogP contribution in [0.2, 0.25) is 0 Å². The lowest BCUT2D eigenvalue weighted by Gasteiger charge is -2.15. The van der Waals surface area contributed by atoms with Crippen LogP contribution in [-0.2, 0) is 0 Å². The van der Waals surface area contributed by atoms with Crippen molar-refractivity contribution in [3.05, 3.63) is 164 Å². The summed E-state index contributed by atoms with van der Waals surface area (Å²) in [6.07, 6.45) is 0. The lowest BCUT2D eigenvalue weighted by atomic mass is 9.93. The Hall–Kier alpha value is -6.69. The van der Waals surface area contributed by atoms with Gasteiger partial charge in [-0.2, -0.15) is 0 Å². The first-order valence-electron chi connectivity index (χ1n) is 17.4. The van der Waals surface area contributed by atoms with Gasteiger partial charge in [-0.3, -0.25) is 0 Å². The van der Waals surface area contributed by atoms with Crippen LogP contribution in [0.25, 0.3) is 109 Å². The van der Waals surface area contributed by atoms with E-state index < -0.39 is 0 Å². The van der Waals surface area contributed by atoms with Crippen molar-refractivity contribution in [1.82, 2.24) is 15.0 Å². The topological polar surface area (TPSA) is 51.8 Å². The van der Waals surface area contributed by atoms with E-state index in [4.69, 9.17) is 19.4 Å². The van der Waals surface area contributed by atoms with E-state index in [0.717, 1.165) is 82.9 Å². The molecule has 0 saturated carbocycles. The van der Waals surface area contributed by atoms with Crippen LogP contribution in [0.5, 0.6) is 0 Å². The normalized spacial score (nSPS) is 11.8. The van der Waals surface area contributed by atoms with E-state index in [1.165, 1.54) is 20.2 Å². The van der Waals surface area contributed by atoms with Crippen LogP contribution in [0.4, 0.5) is 0 Å². The Morgan fingerprint density at radius 1 is 0.423 bits per heavy atom. The summed E-state index contributed by atoms with van der Waals surface area (Å²) in [7, 11) is 0. The molecule has 0 spiro atoms. The van der Waals surface area contributed by atoms with Crippen LogP contribution in [0.15, 0.2) is 168 Å². The molecule has 0 saturated heterocycles. The number of fused-ring (bicyclic) bond motifs is 9. The second-order valence-electron chi connectivity index (χ2n) is 13.1. The monoisotopic (exact) mass is 681 g/mol. The highest BCUT2D eigenvalue weighted by Crippen LogP contribution is 2.44. The van der Waals surface area contributed by atoms with Gasteiger partial charge in [-0.15, -0.1) is 11.3 Å². The zero-order valence-electron chi connectivity index (χ0n) is 27.7. The number of aromatic nitrogens is 3. The van der Waals surface area contributed by atoms with Gasteiger partial charge < -0.3 is 4.42 Å². The number of para-hydroxylation sites is 1. The molecule has 52 heavy (non-hydrogen) atoms. The van der Waals surface area contributed by atoms with E-state index in [1.54, 1.807) is 0 Å². The minimum absolute atomic E-state index is 0.675. The van der Waals surface area contributed by atoms with Crippen LogP contribution < -0.4 is 0 Å². The van der Waals surface area contributed by atoms with Crippen molar-refractivity contribution >= 4 is 75.1 Å². The summed E-state index contributed by atoms with van der Waals surface area (Å²) in [5.74, 6) is 0.675. The molecule has 0 amide bonds. The summed E-state index contributed by atoms with van der Waals surface area (Å²) in [5.41, 5.74) is 9.54. The fourth-order valence-electron chi connectivity index (χ4n) is 7.75. The van der Waals surface area contributed by atoms with Gasteiger partial charge in [0.25, 0.3) is 0 Å². The van der Waals surface area contributed by atoms with Gasteiger partial charge in [0.05, 0.1) is 27.3 Å². The Labute approximate surface area is 302 Å². The molecule has 242 valence electrons. The maximum absolute atomic E-state index is 6.28. The molecule has 0 radical (unpaired) electrons. The minimum atomic E-state index is 0.675. The molecule has 4 nitrogen and oxygen atoms in total. The molecule has 0 aliphatic rings. The molecule has 4 heterocycles. The Morgan fingerprint density at radius 2 is 1.04 bits per heavy atom. The summed E-state index contributed by atoms with van der Waals surface area (Å²) >= 11 is 1.82. The maximum Gasteiger partial charge on any atom is 0.160 e. The number of pyridine rings is 1. The average molecular weight is 682 g/mol. The molecule has 0 unspecified atom stereocenters. The predicted octanol–water partition coefficient (Wildman–Crippen LogP) is 13.1. The third kappa shape index (κ3) is 4.43. The van der Waals surface area contributed by atoms with Crippen molar-refractivity contribution < 1.29 is 4.42 Å². The standard InChI is InChI=1S/C47H27N3OS/c1-2-13-28(14-3-1)47-48-38(27-39(49-47)35-21-12-23-41-43(35)36-19-8-10-22-40(36)51-41)31-25-26-33(30-16-5-4-15-29(30)31)44-32-17-6-7-18-34(32)46-45(50-44)37-20-9-11-24-42(37)52-46/h1-27H. The van der Waals surface area contributed by atoms with Gasteiger partial charge in [0.1, 0.15) is 11.2 Å². The second kappa shape index (κ2) is 11.4. The van der Waals surface area contributed by atoms with Crippen LogP contribution in [0.1, 0.15) is 0 Å². The Kier molecular flexibility index (Phi) is 6.39. The third-order valence-electron chi connectivity index (χ3n) is 10.1. The summed E-state index contributed by atoms with van der Waals surface area (Å²) in [6, 6.07) is 57.0. The highest BCUT2D eigenvalue weighted by Gasteiger charge is 2.20. The quantitative estimate of drug-likeness (QED) is 0.185. The molecule has 5 heteroatoms. The van der Waals surface area contributed by atoms with Gasteiger partial charge in [0.15, 0.2) is 5.82 Å². The molecule has 7 aromatic carbocycles. The van der Waals surface area contributed by atoms with Crippen molar-refractivity contribution in [3.63, 3.8) is 0 Å². The highest BCUT2D eigenvalue weighted by atomic mass is 32.1. The van der Waals surface area contributed by atoms with Crippen molar-refractivity contribution in [1.29, 1.82) is 0 Å². The van der Waals surface area contributed by atoms with Crippen LogP contribution in [0.3, 0.4) is 0 Å². The summed E-state index contributed by atoms with van der Waals surface area (Å²) in [5, 5.41) is 7.92. The first-order chi connectivity index (χ1) is 25.8. The van der Waals surface area contributed by atoms with E-state index in [-0.39, 0.29) is 0 Å². The predicted molar refractivity (Wildman–Crippen MR) is 217 cm³/mol. The molecule has 0 N–H and O–H groups in total.